The van der Waals surface area contributed by atoms with E-state index >= 15 is 0 Å². The van der Waals surface area contributed by atoms with Crippen LogP contribution in [0.1, 0.15) is 24.6 Å². The highest BCUT2D eigenvalue weighted by Gasteiger charge is 2.25. The number of benzene rings is 1. The minimum Gasteiger partial charge on any atom is -0.439 e. The summed E-state index contributed by atoms with van der Waals surface area (Å²) in [5, 5.41) is 11.9. The van der Waals surface area contributed by atoms with E-state index in [4.69, 9.17) is 22.1 Å². The van der Waals surface area contributed by atoms with Gasteiger partial charge in [-0.1, -0.05) is 23.7 Å². The Morgan fingerprint density at radius 3 is 2.63 bits per heavy atom. The van der Waals surface area contributed by atoms with Crippen LogP contribution in [0.5, 0.6) is 0 Å². The lowest BCUT2D eigenvalue weighted by Crippen LogP contribution is -2.25. The fraction of sp³-hybridized carbons (Fsp3) is 0.273. The van der Waals surface area contributed by atoms with Crippen LogP contribution >= 0.6 is 11.6 Å². The summed E-state index contributed by atoms with van der Waals surface area (Å²) in [4.78, 5) is 12.4. The van der Waals surface area contributed by atoms with E-state index < -0.39 is 12.2 Å². The van der Waals surface area contributed by atoms with Gasteiger partial charge in [0.2, 0.25) is 0 Å². The number of carbonyl (C=O) groups excluding carboxylic acids is 1. The molecule has 0 aliphatic heterocycles. The monoisotopic (exact) mass is 281 g/mol. The molecule has 0 saturated heterocycles. The molecular formula is C11H12ClN5O2. The highest BCUT2D eigenvalue weighted by molar-refractivity contribution is 6.30. The summed E-state index contributed by atoms with van der Waals surface area (Å²) in [5.74, 6) is 0. The Bertz CT molecular complexity index is 543. The van der Waals surface area contributed by atoms with Gasteiger partial charge in [-0.25, -0.2) is 4.79 Å². The van der Waals surface area contributed by atoms with Crippen LogP contribution in [0.2, 0.25) is 5.02 Å². The van der Waals surface area contributed by atoms with Gasteiger partial charge in [-0.3, -0.25) is 0 Å². The molecule has 1 heterocycles. The number of hydrogen-bond donors (Lipinski definition) is 1. The van der Waals surface area contributed by atoms with Crippen molar-refractivity contribution >= 4 is 17.7 Å². The van der Waals surface area contributed by atoms with Gasteiger partial charge in [0.15, 0.2) is 12.4 Å². The third kappa shape index (κ3) is 3.19. The van der Waals surface area contributed by atoms with E-state index in [0.29, 0.717) is 5.02 Å². The lowest BCUT2D eigenvalue weighted by Gasteiger charge is -2.22. The molecule has 2 N–H and O–H groups in total. The second-order valence-corrected chi connectivity index (χ2v) is 4.34. The molecule has 0 spiro atoms. The number of aromatic nitrogens is 4. The summed E-state index contributed by atoms with van der Waals surface area (Å²) in [6, 6.07) is 6.56. The van der Waals surface area contributed by atoms with Crippen molar-refractivity contribution in [2.75, 3.05) is 0 Å². The van der Waals surface area contributed by atoms with E-state index in [-0.39, 0.29) is 6.04 Å². The number of amides is 1. The normalized spacial score (nSPS) is 13.8. The number of halogens is 1. The molecule has 1 amide bonds. The Morgan fingerprint density at radius 1 is 1.42 bits per heavy atom. The first kappa shape index (κ1) is 13.3. The summed E-state index contributed by atoms with van der Waals surface area (Å²) in [5.41, 5.74) is 5.84. The molecule has 2 unspecified atom stereocenters. The van der Waals surface area contributed by atoms with E-state index in [2.05, 4.69) is 15.4 Å². The summed E-state index contributed by atoms with van der Waals surface area (Å²) in [7, 11) is 0. The second-order valence-electron chi connectivity index (χ2n) is 3.91. The number of nitrogens with two attached hydrogens (primary N) is 1. The average Bonchev–Trinajstić information content (AvgIpc) is 2.90. The predicted molar refractivity (Wildman–Crippen MR) is 67.4 cm³/mol. The molecule has 0 aliphatic carbocycles. The van der Waals surface area contributed by atoms with Gasteiger partial charge in [0.05, 0.1) is 0 Å². The number of primary amides is 1. The summed E-state index contributed by atoms with van der Waals surface area (Å²) < 4.78 is 5.13. The van der Waals surface area contributed by atoms with Crippen LogP contribution in [0, 0.1) is 0 Å². The zero-order valence-corrected chi connectivity index (χ0v) is 10.9. The summed E-state index contributed by atoms with van der Waals surface area (Å²) in [6.45, 7) is 1.80. The molecular weight excluding hydrogens is 270 g/mol. The lowest BCUT2D eigenvalue weighted by atomic mass is 10.0. The third-order valence-corrected chi connectivity index (χ3v) is 2.86. The van der Waals surface area contributed by atoms with Crippen LogP contribution in [0.4, 0.5) is 4.79 Å². The molecule has 0 bridgehead atoms. The number of tetrazole rings is 1. The summed E-state index contributed by atoms with van der Waals surface area (Å²) in [6.07, 6.45) is -0.185. The first-order valence-electron chi connectivity index (χ1n) is 5.52. The van der Waals surface area contributed by atoms with Crippen molar-refractivity contribution in [1.82, 2.24) is 20.2 Å². The van der Waals surface area contributed by atoms with Crippen LogP contribution in [0.25, 0.3) is 0 Å². The first-order valence-corrected chi connectivity index (χ1v) is 5.89. The standard InChI is InChI=1S/C11H12ClN5O2/c1-7(17-15-6-14-16-17)10(19-11(13)18)8-2-4-9(12)5-3-8/h2-7,10H,1H3,(H2,13,18). The van der Waals surface area contributed by atoms with Crippen LogP contribution in [-0.4, -0.2) is 26.3 Å². The Hall–Kier alpha value is -2.15. The molecule has 8 heteroatoms. The Balaban J connectivity index is 2.30. The van der Waals surface area contributed by atoms with Gasteiger partial charge in [0, 0.05) is 5.02 Å². The topological polar surface area (TPSA) is 95.9 Å². The molecule has 2 aromatic rings. The zero-order chi connectivity index (χ0) is 13.8. The quantitative estimate of drug-likeness (QED) is 0.920. The predicted octanol–water partition coefficient (Wildman–Crippen LogP) is 1.72. The van der Waals surface area contributed by atoms with Gasteiger partial charge in [-0.15, -0.1) is 10.2 Å². The van der Waals surface area contributed by atoms with Crippen LogP contribution in [0.3, 0.4) is 0 Å². The second kappa shape index (κ2) is 5.66. The van der Waals surface area contributed by atoms with E-state index in [1.165, 1.54) is 11.1 Å². The van der Waals surface area contributed by atoms with Crippen LogP contribution < -0.4 is 5.73 Å². The summed E-state index contributed by atoms with van der Waals surface area (Å²) >= 11 is 5.83. The van der Waals surface area contributed by atoms with Gasteiger partial charge < -0.3 is 10.5 Å². The maximum absolute atomic E-state index is 11.0. The SMILES string of the molecule is CC(C(OC(N)=O)c1ccc(Cl)cc1)n1ncnn1. The van der Waals surface area contributed by atoms with E-state index in [1.54, 1.807) is 31.2 Å². The molecule has 0 saturated carbocycles. The molecule has 0 aliphatic rings. The van der Waals surface area contributed by atoms with Crippen molar-refractivity contribution in [1.29, 1.82) is 0 Å². The molecule has 2 rings (SSSR count). The molecule has 1 aromatic heterocycles. The van der Waals surface area contributed by atoms with E-state index in [0.717, 1.165) is 5.56 Å². The fourth-order valence-electron chi connectivity index (χ4n) is 1.71. The minimum atomic E-state index is -0.869. The molecule has 0 fully saturated rings. The molecule has 1 aromatic carbocycles. The third-order valence-electron chi connectivity index (χ3n) is 2.61. The van der Waals surface area contributed by atoms with Gasteiger partial charge in [0.25, 0.3) is 0 Å². The number of hydrogen-bond acceptors (Lipinski definition) is 5. The van der Waals surface area contributed by atoms with Crippen LogP contribution in [0.15, 0.2) is 30.6 Å². The Labute approximate surface area is 114 Å². The number of ether oxygens (including phenoxy) is 1. The van der Waals surface area contributed by atoms with Crippen LogP contribution in [-0.2, 0) is 4.74 Å². The van der Waals surface area contributed by atoms with Gasteiger partial charge >= 0.3 is 6.09 Å². The van der Waals surface area contributed by atoms with Crippen molar-refractivity contribution in [3.05, 3.63) is 41.2 Å². The van der Waals surface area contributed by atoms with Crippen molar-refractivity contribution in [3.63, 3.8) is 0 Å². The first-order chi connectivity index (χ1) is 9.08. The van der Waals surface area contributed by atoms with Crippen molar-refractivity contribution < 1.29 is 9.53 Å². The molecule has 100 valence electrons. The van der Waals surface area contributed by atoms with Crippen molar-refractivity contribution in [2.24, 2.45) is 5.73 Å². The highest BCUT2D eigenvalue weighted by Crippen LogP contribution is 2.29. The van der Waals surface area contributed by atoms with Crippen molar-refractivity contribution in [2.45, 2.75) is 19.1 Å². The molecule has 2 atom stereocenters. The molecule has 19 heavy (non-hydrogen) atoms. The van der Waals surface area contributed by atoms with Gasteiger partial charge in [0.1, 0.15) is 6.04 Å². The minimum absolute atomic E-state index is 0.351. The lowest BCUT2D eigenvalue weighted by molar-refractivity contribution is 0.0677. The van der Waals surface area contributed by atoms with E-state index in [9.17, 15) is 4.79 Å². The number of nitrogens with zero attached hydrogens (tertiary/aromatic N) is 4. The zero-order valence-electron chi connectivity index (χ0n) is 10.1. The largest absolute Gasteiger partial charge is 0.439 e. The van der Waals surface area contributed by atoms with Gasteiger partial charge in [-0.2, -0.15) is 4.80 Å². The molecule has 7 nitrogen and oxygen atoms in total. The Morgan fingerprint density at radius 2 is 2.11 bits per heavy atom. The average molecular weight is 282 g/mol. The number of rotatable bonds is 4. The maximum Gasteiger partial charge on any atom is 0.405 e. The fourth-order valence-corrected chi connectivity index (χ4v) is 1.83. The smallest absolute Gasteiger partial charge is 0.405 e. The molecule has 0 radical (unpaired) electrons. The van der Waals surface area contributed by atoms with Crippen molar-refractivity contribution in [3.8, 4) is 0 Å². The highest BCUT2D eigenvalue weighted by atomic mass is 35.5. The number of carbonyl (C=O) groups is 1. The van der Waals surface area contributed by atoms with Gasteiger partial charge in [-0.05, 0) is 29.8 Å². The van der Waals surface area contributed by atoms with E-state index in [1.807, 2.05) is 0 Å². The maximum atomic E-state index is 11.0. The Kier molecular flexibility index (Phi) is 3.96.